The summed E-state index contributed by atoms with van der Waals surface area (Å²) in [4.78, 5) is 44.9. The van der Waals surface area contributed by atoms with Crippen LogP contribution in [-0.4, -0.2) is 54.0 Å². The third-order valence-corrected chi connectivity index (χ3v) is 7.58. The number of urea groups is 1. The molecule has 7 nitrogen and oxygen atoms in total. The lowest BCUT2D eigenvalue weighted by molar-refractivity contribution is -0.136. The summed E-state index contributed by atoms with van der Waals surface area (Å²) in [7, 11) is 0. The van der Waals surface area contributed by atoms with Crippen molar-refractivity contribution in [3.63, 3.8) is 0 Å². The number of hydrogen-bond acceptors (Lipinski definition) is 4. The van der Waals surface area contributed by atoms with E-state index in [9.17, 15) is 14.4 Å². The second-order valence-electron chi connectivity index (χ2n) is 10.4. The average Bonchev–Trinajstić information content (AvgIpc) is 2.95. The molecule has 0 radical (unpaired) electrons. The Kier molecular flexibility index (Phi) is 4.75. The maximum absolute atomic E-state index is 13.4. The molecule has 2 atom stereocenters. The van der Waals surface area contributed by atoms with E-state index in [1.54, 1.807) is 4.90 Å². The van der Waals surface area contributed by atoms with Gasteiger partial charge in [0.15, 0.2) is 0 Å². The quantitative estimate of drug-likeness (QED) is 0.740. The monoisotopic (exact) mass is 424 g/mol. The largest absolute Gasteiger partial charge is 0.365 e. The van der Waals surface area contributed by atoms with Crippen molar-refractivity contribution in [2.75, 3.05) is 29.4 Å². The maximum Gasteiger partial charge on any atom is 0.325 e. The predicted octanol–water partition coefficient (Wildman–Crippen LogP) is 3.28. The minimum absolute atomic E-state index is 0.00252. The molecule has 0 aromatic heterocycles. The lowest BCUT2D eigenvalue weighted by Crippen LogP contribution is -2.55. The molecule has 3 heterocycles. The zero-order valence-corrected chi connectivity index (χ0v) is 18.5. The van der Waals surface area contributed by atoms with E-state index in [2.05, 4.69) is 30.1 Å². The molecule has 1 N–H and O–H groups in total. The van der Waals surface area contributed by atoms with Crippen LogP contribution in [0.25, 0.3) is 0 Å². The number of para-hydroxylation sites is 2. The van der Waals surface area contributed by atoms with Gasteiger partial charge < -0.3 is 15.1 Å². The fourth-order valence-electron chi connectivity index (χ4n) is 6.18. The van der Waals surface area contributed by atoms with E-state index in [0.717, 1.165) is 48.5 Å². The van der Waals surface area contributed by atoms with Gasteiger partial charge in [-0.2, -0.15) is 0 Å². The first-order valence-corrected chi connectivity index (χ1v) is 11.6. The van der Waals surface area contributed by atoms with Crippen molar-refractivity contribution in [3.8, 4) is 0 Å². The number of piperidine rings is 1. The lowest BCUT2D eigenvalue weighted by Gasteiger charge is -2.46. The van der Waals surface area contributed by atoms with Gasteiger partial charge in [-0.05, 0) is 56.1 Å². The van der Waals surface area contributed by atoms with Gasteiger partial charge in [-0.25, -0.2) is 4.79 Å². The minimum atomic E-state index is -0.848. The van der Waals surface area contributed by atoms with Gasteiger partial charge in [-0.15, -0.1) is 0 Å². The van der Waals surface area contributed by atoms with E-state index in [0.29, 0.717) is 25.4 Å². The van der Waals surface area contributed by atoms with Crippen LogP contribution in [0.1, 0.15) is 58.8 Å². The molecule has 1 aromatic rings. The third-order valence-electron chi connectivity index (χ3n) is 7.58. The molecule has 2 saturated heterocycles. The maximum atomic E-state index is 13.4. The highest BCUT2D eigenvalue weighted by atomic mass is 16.2. The summed E-state index contributed by atoms with van der Waals surface area (Å²) >= 11 is 0. The molecular formula is C24H32N4O3. The third kappa shape index (κ3) is 3.38. The second-order valence-corrected chi connectivity index (χ2v) is 10.4. The Balaban J connectivity index is 1.38. The van der Waals surface area contributed by atoms with E-state index in [4.69, 9.17) is 0 Å². The van der Waals surface area contributed by atoms with Crippen molar-refractivity contribution in [1.82, 2.24) is 10.2 Å². The summed E-state index contributed by atoms with van der Waals surface area (Å²) in [5, 5.41) is 2.96. The number of amides is 4. The molecular weight excluding hydrogens is 392 g/mol. The number of benzene rings is 1. The Labute approximate surface area is 183 Å². The van der Waals surface area contributed by atoms with E-state index < -0.39 is 11.6 Å². The Morgan fingerprint density at radius 2 is 1.87 bits per heavy atom. The summed E-state index contributed by atoms with van der Waals surface area (Å²) in [6.45, 7) is 5.70. The highest BCUT2D eigenvalue weighted by Gasteiger charge is 2.55. The number of nitrogens with zero attached hydrogens (tertiary/aromatic N) is 3. The van der Waals surface area contributed by atoms with E-state index in [-0.39, 0.29) is 23.8 Å². The minimum Gasteiger partial charge on any atom is -0.365 e. The summed E-state index contributed by atoms with van der Waals surface area (Å²) in [6.07, 6.45) is 6.60. The van der Waals surface area contributed by atoms with Gasteiger partial charge in [0.1, 0.15) is 12.1 Å². The molecule has 3 aliphatic heterocycles. The van der Waals surface area contributed by atoms with Gasteiger partial charge in [0.2, 0.25) is 5.91 Å². The summed E-state index contributed by atoms with van der Waals surface area (Å²) < 4.78 is 0. The molecule has 0 bridgehead atoms. The molecule has 1 saturated carbocycles. The number of nitrogens with one attached hydrogen (secondary N) is 1. The molecule has 3 fully saturated rings. The van der Waals surface area contributed by atoms with Crippen LogP contribution in [0.2, 0.25) is 0 Å². The highest BCUT2D eigenvalue weighted by molar-refractivity contribution is 6.11. The van der Waals surface area contributed by atoms with E-state index in [1.165, 1.54) is 6.42 Å². The molecule has 1 aliphatic carbocycles. The van der Waals surface area contributed by atoms with Crippen LogP contribution in [0.15, 0.2) is 24.3 Å². The number of anilines is 2. The standard InChI is InChI=1S/C24H32N4O3/c1-23(2)11-7-12-24(16-23)21(30)28(22(31)25-24)15-20(29)27-14-17-8-5-6-13-26(17)18-9-3-4-10-19(18)27/h3-4,9-10,17H,5-8,11-16H2,1-2H3,(H,25,31). The zero-order chi connectivity index (χ0) is 21.8. The van der Waals surface area contributed by atoms with Crippen molar-refractivity contribution >= 4 is 29.2 Å². The Morgan fingerprint density at radius 3 is 2.65 bits per heavy atom. The smallest absolute Gasteiger partial charge is 0.325 e. The first kappa shape index (κ1) is 20.3. The van der Waals surface area contributed by atoms with Crippen LogP contribution in [-0.2, 0) is 9.59 Å². The fraction of sp³-hybridized carbons (Fsp3) is 0.625. The van der Waals surface area contributed by atoms with Crippen molar-refractivity contribution < 1.29 is 14.4 Å². The van der Waals surface area contributed by atoms with Gasteiger partial charge in [0, 0.05) is 19.1 Å². The van der Waals surface area contributed by atoms with E-state index in [1.807, 2.05) is 18.2 Å². The number of carbonyl (C=O) groups is 3. The first-order valence-electron chi connectivity index (χ1n) is 11.6. The van der Waals surface area contributed by atoms with Gasteiger partial charge in [0.25, 0.3) is 5.91 Å². The van der Waals surface area contributed by atoms with Crippen LogP contribution < -0.4 is 15.1 Å². The number of hydrogen-bond donors (Lipinski definition) is 1. The molecule has 5 rings (SSSR count). The number of rotatable bonds is 2. The average molecular weight is 425 g/mol. The normalized spacial score (nSPS) is 29.6. The molecule has 2 unspecified atom stereocenters. The molecule has 31 heavy (non-hydrogen) atoms. The molecule has 4 aliphatic rings. The van der Waals surface area contributed by atoms with Crippen LogP contribution >= 0.6 is 0 Å². The highest BCUT2D eigenvalue weighted by Crippen LogP contribution is 2.44. The summed E-state index contributed by atoms with van der Waals surface area (Å²) in [6, 6.07) is 7.84. The fourth-order valence-corrected chi connectivity index (χ4v) is 6.18. The number of carbonyl (C=O) groups excluding carboxylic acids is 3. The second kappa shape index (κ2) is 7.24. The Morgan fingerprint density at radius 1 is 1.10 bits per heavy atom. The van der Waals surface area contributed by atoms with Crippen LogP contribution in [0, 0.1) is 5.41 Å². The lowest BCUT2D eigenvalue weighted by atomic mass is 9.68. The van der Waals surface area contributed by atoms with Crippen molar-refractivity contribution in [3.05, 3.63) is 24.3 Å². The summed E-state index contributed by atoms with van der Waals surface area (Å²) in [5.74, 6) is -0.420. The SMILES string of the molecule is CC1(C)CCCC2(C1)NC(=O)N(CC(=O)N1CC3CCCCN3c3ccccc31)C2=O. The Bertz CT molecular complexity index is 929. The van der Waals surface area contributed by atoms with Gasteiger partial charge in [-0.1, -0.05) is 32.4 Å². The Hall–Kier alpha value is -2.57. The molecule has 166 valence electrons. The summed E-state index contributed by atoms with van der Waals surface area (Å²) in [5.41, 5.74) is 1.11. The van der Waals surface area contributed by atoms with Gasteiger partial charge in [-0.3, -0.25) is 14.5 Å². The van der Waals surface area contributed by atoms with Crippen LogP contribution in [0.5, 0.6) is 0 Å². The molecule has 7 heteroatoms. The van der Waals surface area contributed by atoms with E-state index >= 15 is 0 Å². The number of fused-ring (bicyclic) bond motifs is 3. The molecule has 1 spiro atoms. The molecule has 4 amide bonds. The van der Waals surface area contributed by atoms with Crippen LogP contribution in [0.4, 0.5) is 16.2 Å². The topological polar surface area (TPSA) is 73.0 Å². The van der Waals surface area contributed by atoms with Crippen molar-refractivity contribution in [2.45, 2.75) is 70.4 Å². The van der Waals surface area contributed by atoms with Crippen LogP contribution in [0.3, 0.4) is 0 Å². The van der Waals surface area contributed by atoms with Crippen molar-refractivity contribution in [2.24, 2.45) is 5.41 Å². The van der Waals surface area contributed by atoms with Gasteiger partial charge in [0.05, 0.1) is 11.4 Å². The van der Waals surface area contributed by atoms with Crippen molar-refractivity contribution in [1.29, 1.82) is 0 Å². The first-order chi connectivity index (χ1) is 14.8. The predicted molar refractivity (Wildman–Crippen MR) is 119 cm³/mol. The van der Waals surface area contributed by atoms with Gasteiger partial charge >= 0.3 is 6.03 Å². The zero-order valence-electron chi connectivity index (χ0n) is 18.5. The molecule has 1 aromatic carbocycles. The number of imide groups is 1.